The van der Waals surface area contributed by atoms with Crippen LogP contribution in [0.5, 0.6) is 5.75 Å². The van der Waals surface area contributed by atoms with E-state index in [0.29, 0.717) is 43.5 Å². The first-order valence-corrected chi connectivity index (χ1v) is 9.76. The van der Waals surface area contributed by atoms with Gasteiger partial charge < -0.3 is 19.9 Å². The number of benzene rings is 1. The molecule has 1 rings (SSSR count). The molecular weight excluding hydrogens is 330 g/mol. The zero-order chi connectivity index (χ0) is 19.4. The minimum atomic E-state index is -0.590. The fourth-order valence-electron chi connectivity index (χ4n) is 2.46. The molecule has 1 aromatic rings. The van der Waals surface area contributed by atoms with Gasteiger partial charge in [0.15, 0.2) is 5.78 Å². The molecule has 0 aromatic heterocycles. The molecule has 0 fully saturated rings. The topological polar surface area (TPSA) is 67.8 Å². The lowest BCUT2D eigenvalue weighted by Gasteiger charge is -2.17. The highest BCUT2D eigenvalue weighted by Crippen LogP contribution is 2.22. The molecule has 5 heteroatoms. The number of carbonyl (C=O) groups is 1. The summed E-state index contributed by atoms with van der Waals surface area (Å²) in [7, 11) is 0. The van der Waals surface area contributed by atoms with Crippen LogP contribution < -0.4 is 10.1 Å². The molecule has 0 aliphatic carbocycles. The third-order valence-corrected chi connectivity index (χ3v) is 4.05. The van der Waals surface area contributed by atoms with Crippen LogP contribution in [0.4, 0.5) is 0 Å². The second-order valence-electron chi connectivity index (χ2n) is 6.89. The van der Waals surface area contributed by atoms with Crippen molar-refractivity contribution in [1.82, 2.24) is 5.32 Å². The highest BCUT2D eigenvalue weighted by atomic mass is 16.5. The van der Waals surface area contributed by atoms with Gasteiger partial charge in [0.1, 0.15) is 18.5 Å². The van der Waals surface area contributed by atoms with Gasteiger partial charge in [0.25, 0.3) is 0 Å². The molecule has 1 aromatic carbocycles. The lowest BCUT2D eigenvalue weighted by molar-refractivity contribution is 0.0952. The predicted octanol–water partition coefficient (Wildman–Crippen LogP) is 3.72. The molecule has 2 N–H and O–H groups in total. The van der Waals surface area contributed by atoms with E-state index in [1.807, 2.05) is 26.8 Å². The molecule has 0 amide bonds. The second-order valence-corrected chi connectivity index (χ2v) is 6.89. The monoisotopic (exact) mass is 365 g/mol. The summed E-state index contributed by atoms with van der Waals surface area (Å²) < 4.78 is 11.5. The van der Waals surface area contributed by atoms with Crippen molar-refractivity contribution in [3.63, 3.8) is 0 Å². The van der Waals surface area contributed by atoms with Crippen LogP contribution in [0.25, 0.3) is 0 Å². The smallest absolute Gasteiger partial charge is 0.162 e. The molecule has 0 saturated heterocycles. The average Bonchev–Trinajstić information content (AvgIpc) is 2.64. The molecule has 5 nitrogen and oxygen atoms in total. The lowest BCUT2D eigenvalue weighted by atomic mass is 10.1. The molecule has 0 heterocycles. The van der Waals surface area contributed by atoms with E-state index in [0.717, 1.165) is 24.8 Å². The Kier molecular flexibility index (Phi) is 11.2. The van der Waals surface area contributed by atoms with Gasteiger partial charge in [-0.1, -0.05) is 40.5 Å². The molecule has 0 aliphatic heterocycles. The van der Waals surface area contributed by atoms with Crippen LogP contribution in [0, 0.1) is 0 Å². The van der Waals surface area contributed by atoms with Crippen LogP contribution in [-0.4, -0.2) is 42.8 Å². The van der Waals surface area contributed by atoms with Crippen molar-refractivity contribution < 1.29 is 19.4 Å². The molecule has 1 unspecified atom stereocenters. The number of Topliss-reactive ketones (excluding diaryl/α,β-unsaturated/α-hetero) is 1. The number of unbranched alkanes of at least 4 members (excludes halogenated alkanes) is 2. The molecular formula is C21H35NO4. The summed E-state index contributed by atoms with van der Waals surface area (Å²) in [4.78, 5) is 12.0. The standard InChI is InChI=1S/C21H35NO4/c1-5-7-8-11-25-14-18-12-17(20(24)6-2)9-10-21(18)26-15-19(23)13-22-16(3)4/h9-10,12,16,19,22-23H,5-8,11,13-15H2,1-4H3. The maximum Gasteiger partial charge on any atom is 0.162 e. The maximum atomic E-state index is 12.0. The minimum Gasteiger partial charge on any atom is -0.490 e. The van der Waals surface area contributed by atoms with Crippen molar-refractivity contribution in [1.29, 1.82) is 0 Å². The number of carbonyl (C=O) groups excluding carboxylic acids is 1. The molecule has 1 atom stereocenters. The van der Waals surface area contributed by atoms with Crippen LogP contribution in [0.15, 0.2) is 18.2 Å². The Hall–Kier alpha value is -1.43. The fraction of sp³-hybridized carbons (Fsp3) is 0.667. The number of nitrogens with one attached hydrogen (secondary N) is 1. The van der Waals surface area contributed by atoms with Crippen LogP contribution in [0.3, 0.4) is 0 Å². The maximum absolute atomic E-state index is 12.0. The Bertz CT molecular complexity index is 531. The van der Waals surface area contributed by atoms with E-state index in [2.05, 4.69) is 12.2 Å². The van der Waals surface area contributed by atoms with Gasteiger partial charge in [0, 0.05) is 36.7 Å². The van der Waals surface area contributed by atoms with Crippen molar-refractivity contribution in [2.75, 3.05) is 19.8 Å². The number of aliphatic hydroxyl groups is 1. The Balaban J connectivity index is 2.69. The van der Waals surface area contributed by atoms with Crippen molar-refractivity contribution in [3.05, 3.63) is 29.3 Å². The fourth-order valence-corrected chi connectivity index (χ4v) is 2.46. The Labute approximate surface area is 158 Å². The number of ether oxygens (including phenoxy) is 2. The molecule has 148 valence electrons. The number of aliphatic hydroxyl groups excluding tert-OH is 1. The van der Waals surface area contributed by atoms with Gasteiger partial charge in [-0.15, -0.1) is 0 Å². The summed E-state index contributed by atoms with van der Waals surface area (Å²) in [6.07, 6.45) is 3.21. The van der Waals surface area contributed by atoms with Crippen LogP contribution in [0.2, 0.25) is 0 Å². The van der Waals surface area contributed by atoms with E-state index >= 15 is 0 Å². The van der Waals surface area contributed by atoms with Gasteiger partial charge in [-0.3, -0.25) is 4.79 Å². The highest BCUT2D eigenvalue weighted by Gasteiger charge is 2.12. The molecule has 0 bridgehead atoms. The predicted molar refractivity (Wildman–Crippen MR) is 105 cm³/mol. The Morgan fingerprint density at radius 1 is 1.23 bits per heavy atom. The number of hydrogen-bond donors (Lipinski definition) is 2. The summed E-state index contributed by atoms with van der Waals surface area (Å²) in [5.41, 5.74) is 1.53. The van der Waals surface area contributed by atoms with Crippen LogP contribution in [0.1, 0.15) is 69.3 Å². The van der Waals surface area contributed by atoms with Crippen LogP contribution in [-0.2, 0) is 11.3 Å². The number of rotatable bonds is 14. The summed E-state index contributed by atoms with van der Waals surface area (Å²) >= 11 is 0. The normalized spacial score (nSPS) is 12.4. The van der Waals surface area contributed by atoms with Crippen molar-refractivity contribution in [3.8, 4) is 5.75 Å². The van der Waals surface area contributed by atoms with Gasteiger partial charge in [-0.2, -0.15) is 0 Å². The second kappa shape index (κ2) is 12.8. The summed E-state index contributed by atoms with van der Waals surface area (Å²) in [6.45, 7) is 9.86. The average molecular weight is 366 g/mol. The third kappa shape index (κ3) is 8.79. The van der Waals surface area contributed by atoms with E-state index < -0.39 is 6.10 Å². The quantitative estimate of drug-likeness (QED) is 0.388. The van der Waals surface area contributed by atoms with E-state index in [-0.39, 0.29) is 12.4 Å². The minimum absolute atomic E-state index is 0.102. The van der Waals surface area contributed by atoms with Crippen molar-refractivity contribution in [2.45, 2.75) is 72.1 Å². The molecule has 26 heavy (non-hydrogen) atoms. The van der Waals surface area contributed by atoms with Gasteiger partial charge >= 0.3 is 0 Å². The molecule has 0 saturated carbocycles. The van der Waals surface area contributed by atoms with Crippen LogP contribution >= 0.6 is 0 Å². The first-order valence-electron chi connectivity index (χ1n) is 9.76. The zero-order valence-electron chi connectivity index (χ0n) is 16.7. The molecule has 0 spiro atoms. The third-order valence-electron chi connectivity index (χ3n) is 4.05. The zero-order valence-corrected chi connectivity index (χ0v) is 16.7. The van der Waals surface area contributed by atoms with Gasteiger partial charge in [0.05, 0.1) is 6.61 Å². The number of ketones is 1. The highest BCUT2D eigenvalue weighted by molar-refractivity contribution is 5.96. The van der Waals surface area contributed by atoms with Crippen molar-refractivity contribution >= 4 is 5.78 Å². The summed E-state index contributed by atoms with van der Waals surface area (Å²) in [5, 5.41) is 13.2. The van der Waals surface area contributed by atoms with Gasteiger partial charge in [0.2, 0.25) is 0 Å². The summed E-state index contributed by atoms with van der Waals surface area (Å²) in [6, 6.07) is 5.74. The Morgan fingerprint density at radius 2 is 2.00 bits per heavy atom. The first-order chi connectivity index (χ1) is 12.5. The van der Waals surface area contributed by atoms with E-state index in [1.54, 1.807) is 12.1 Å². The van der Waals surface area contributed by atoms with Gasteiger partial charge in [-0.05, 0) is 24.6 Å². The first kappa shape index (κ1) is 22.6. The van der Waals surface area contributed by atoms with E-state index in [9.17, 15) is 9.90 Å². The lowest BCUT2D eigenvalue weighted by Crippen LogP contribution is -2.35. The largest absolute Gasteiger partial charge is 0.490 e. The summed E-state index contributed by atoms with van der Waals surface area (Å²) in [5.74, 6) is 0.765. The van der Waals surface area contributed by atoms with E-state index in [4.69, 9.17) is 9.47 Å². The molecule has 0 aliphatic rings. The SMILES string of the molecule is CCCCCOCc1cc(C(=O)CC)ccc1OCC(O)CNC(C)C. The molecule has 0 radical (unpaired) electrons. The Morgan fingerprint density at radius 3 is 2.65 bits per heavy atom. The number of hydrogen-bond acceptors (Lipinski definition) is 5. The van der Waals surface area contributed by atoms with Gasteiger partial charge in [-0.25, -0.2) is 0 Å². The van der Waals surface area contributed by atoms with Crippen molar-refractivity contribution in [2.24, 2.45) is 0 Å². The van der Waals surface area contributed by atoms with E-state index in [1.165, 1.54) is 0 Å².